The number of nitrogens with one attached hydrogen (secondary N) is 2. The zero-order chi connectivity index (χ0) is 12.8. The van der Waals surface area contributed by atoms with Crippen molar-refractivity contribution in [1.82, 2.24) is 10.6 Å². The van der Waals surface area contributed by atoms with Gasteiger partial charge in [0.05, 0.1) is 0 Å². The monoisotopic (exact) mass is 364 g/mol. The third-order valence-electron chi connectivity index (χ3n) is 2.86. The molecule has 1 aliphatic heterocycles. The molecule has 0 radical (unpaired) electrons. The van der Waals surface area contributed by atoms with Gasteiger partial charge in [0.2, 0.25) is 5.91 Å². The number of carbonyl (C=O) groups is 1. The van der Waals surface area contributed by atoms with Gasteiger partial charge in [0.25, 0.3) is 0 Å². The molecular formula is C13H18BrClN2OS. The van der Waals surface area contributed by atoms with Gasteiger partial charge in [0.15, 0.2) is 0 Å². The lowest BCUT2D eigenvalue weighted by molar-refractivity contribution is -0.121. The smallest absolute Gasteiger partial charge is 0.221 e. The fourth-order valence-electron chi connectivity index (χ4n) is 1.88. The van der Waals surface area contributed by atoms with Gasteiger partial charge >= 0.3 is 0 Å². The van der Waals surface area contributed by atoms with Crippen molar-refractivity contribution in [2.24, 2.45) is 0 Å². The Labute approximate surface area is 132 Å². The predicted octanol–water partition coefficient (Wildman–Crippen LogP) is 2.58. The van der Waals surface area contributed by atoms with E-state index in [0.717, 1.165) is 28.1 Å². The highest BCUT2D eigenvalue weighted by molar-refractivity contribution is 9.10. The summed E-state index contributed by atoms with van der Waals surface area (Å²) in [5.41, 5.74) is 1.11. The Morgan fingerprint density at radius 1 is 1.47 bits per heavy atom. The average Bonchev–Trinajstić information content (AvgIpc) is 2.39. The fourth-order valence-corrected chi connectivity index (χ4v) is 3.26. The predicted molar refractivity (Wildman–Crippen MR) is 87.0 cm³/mol. The number of hydrogen-bond donors (Lipinski definition) is 2. The molecule has 19 heavy (non-hydrogen) atoms. The number of amides is 1. The standard InChI is InChI=1S/C13H17BrN2OS.ClH/c14-12-4-2-1-3-10(12)8-16-13(17)7-11-9-18-6-5-15-11;/h1-4,11,15H,5-9H2,(H,16,17);1H. The molecule has 0 bridgehead atoms. The molecule has 1 aliphatic rings. The molecule has 0 aromatic heterocycles. The molecule has 106 valence electrons. The maximum Gasteiger partial charge on any atom is 0.221 e. The molecule has 0 spiro atoms. The summed E-state index contributed by atoms with van der Waals surface area (Å²) < 4.78 is 1.04. The van der Waals surface area contributed by atoms with Crippen LogP contribution in [0.25, 0.3) is 0 Å². The van der Waals surface area contributed by atoms with Crippen LogP contribution in [-0.4, -0.2) is 30.0 Å². The zero-order valence-electron chi connectivity index (χ0n) is 10.5. The van der Waals surface area contributed by atoms with Crippen molar-refractivity contribution in [2.75, 3.05) is 18.1 Å². The van der Waals surface area contributed by atoms with Gasteiger partial charge in [-0.25, -0.2) is 0 Å². The number of benzene rings is 1. The maximum absolute atomic E-state index is 11.8. The van der Waals surface area contributed by atoms with E-state index in [0.29, 0.717) is 19.0 Å². The highest BCUT2D eigenvalue weighted by Crippen LogP contribution is 2.15. The fraction of sp³-hybridized carbons (Fsp3) is 0.462. The van der Waals surface area contributed by atoms with Gasteiger partial charge in [-0.15, -0.1) is 12.4 Å². The van der Waals surface area contributed by atoms with E-state index >= 15 is 0 Å². The summed E-state index contributed by atoms with van der Waals surface area (Å²) in [7, 11) is 0. The van der Waals surface area contributed by atoms with E-state index in [1.807, 2.05) is 36.0 Å². The Morgan fingerprint density at radius 2 is 2.26 bits per heavy atom. The Morgan fingerprint density at radius 3 is 2.95 bits per heavy atom. The molecule has 1 amide bonds. The first-order valence-electron chi connectivity index (χ1n) is 6.07. The van der Waals surface area contributed by atoms with Crippen LogP contribution in [0.1, 0.15) is 12.0 Å². The first kappa shape index (κ1) is 16.8. The quantitative estimate of drug-likeness (QED) is 0.861. The first-order chi connectivity index (χ1) is 8.75. The van der Waals surface area contributed by atoms with Crippen molar-refractivity contribution in [3.05, 3.63) is 34.3 Å². The molecular weight excluding hydrogens is 348 g/mol. The van der Waals surface area contributed by atoms with Gasteiger partial charge in [0, 0.05) is 41.5 Å². The van der Waals surface area contributed by atoms with Gasteiger partial charge in [-0.2, -0.15) is 11.8 Å². The molecule has 0 saturated carbocycles. The van der Waals surface area contributed by atoms with Gasteiger partial charge in [0.1, 0.15) is 0 Å². The van der Waals surface area contributed by atoms with E-state index in [4.69, 9.17) is 0 Å². The molecule has 1 unspecified atom stereocenters. The van der Waals surface area contributed by atoms with Crippen molar-refractivity contribution >= 4 is 46.0 Å². The number of hydrogen-bond acceptors (Lipinski definition) is 3. The van der Waals surface area contributed by atoms with Crippen molar-refractivity contribution in [3.8, 4) is 0 Å². The third kappa shape index (κ3) is 5.73. The van der Waals surface area contributed by atoms with Gasteiger partial charge in [-0.05, 0) is 11.6 Å². The number of thioether (sulfide) groups is 1. The minimum Gasteiger partial charge on any atom is -0.352 e. The molecule has 2 N–H and O–H groups in total. The van der Waals surface area contributed by atoms with Gasteiger partial charge in [-0.3, -0.25) is 4.79 Å². The molecule has 1 aromatic carbocycles. The normalized spacial score (nSPS) is 18.5. The van der Waals surface area contributed by atoms with E-state index < -0.39 is 0 Å². The van der Waals surface area contributed by atoms with Crippen LogP contribution in [0.2, 0.25) is 0 Å². The number of rotatable bonds is 4. The second kappa shape index (κ2) is 8.84. The van der Waals surface area contributed by atoms with E-state index in [1.165, 1.54) is 0 Å². The zero-order valence-corrected chi connectivity index (χ0v) is 13.7. The highest BCUT2D eigenvalue weighted by Gasteiger charge is 2.16. The SMILES string of the molecule is Cl.O=C(CC1CSCCN1)NCc1ccccc1Br. The maximum atomic E-state index is 11.8. The molecule has 2 rings (SSSR count). The molecule has 1 aromatic rings. The minimum absolute atomic E-state index is 0. The third-order valence-corrected chi connectivity index (χ3v) is 4.77. The largest absolute Gasteiger partial charge is 0.352 e. The molecule has 1 fully saturated rings. The Kier molecular flexibility index (Phi) is 7.83. The summed E-state index contributed by atoms with van der Waals surface area (Å²) >= 11 is 5.39. The highest BCUT2D eigenvalue weighted by atomic mass is 79.9. The van der Waals surface area contributed by atoms with Crippen LogP contribution in [0.4, 0.5) is 0 Å². The van der Waals surface area contributed by atoms with Crippen LogP contribution in [0.5, 0.6) is 0 Å². The lowest BCUT2D eigenvalue weighted by Gasteiger charge is -2.22. The Balaban J connectivity index is 0.00000180. The van der Waals surface area contributed by atoms with Gasteiger partial charge < -0.3 is 10.6 Å². The molecule has 1 atom stereocenters. The van der Waals surface area contributed by atoms with Crippen LogP contribution < -0.4 is 10.6 Å². The minimum atomic E-state index is 0. The molecule has 1 saturated heterocycles. The molecule has 6 heteroatoms. The van der Waals surface area contributed by atoms with Crippen LogP contribution in [0.3, 0.4) is 0 Å². The van der Waals surface area contributed by atoms with E-state index in [9.17, 15) is 4.79 Å². The van der Waals surface area contributed by atoms with Crippen molar-refractivity contribution in [3.63, 3.8) is 0 Å². The number of halogens is 2. The summed E-state index contributed by atoms with van der Waals surface area (Å²) in [6.07, 6.45) is 0.567. The summed E-state index contributed by atoms with van der Waals surface area (Å²) in [5.74, 6) is 2.29. The summed E-state index contributed by atoms with van der Waals surface area (Å²) in [6.45, 7) is 1.59. The average molecular weight is 366 g/mol. The number of carbonyl (C=O) groups excluding carboxylic acids is 1. The van der Waals surface area contributed by atoms with E-state index in [-0.39, 0.29) is 18.3 Å². The molecule has 0 aliphatic carbocycles. The van der Waals surface area contributed by atoms with Crippen molar-refractivity contribution in [1.29, 1.82) is 0 Å². The summed E-state index contributed by atoms with van der Waals surface area (Å²) in [5, 5.41) is 6.34. The van der Waals surface area contributed by atoms with Gasteiger partial charge in [-0.1, -0.05) is 34.1 Å². The van der Waals surface area contributed by atoms with Crippen LogP contribution in [0, 0.1) is 0 Å². The topological polar surface area (TPSA) is 41.1 Å². The van der Waals surface area contributed by atoms with Crippen LogP contribution >= 0.6 is 40.1 Å². The van der Waals surface area contributed by atoms with Crippen LogP contribution in [0.15, 0.2) is 28.7 Å². The van der Waals surface area contributed by atoms with E-state index in [2.05, 4.69) is 26.6 Å². The van der Waals surface area contributed by atoms with Crippen molar-refractivity contribution in [2.45, 2.75) is 19.0 Å². The lowest BCUT2D eigenvalue weighted by atomic mass is 10.2. The Hall–Kier alpha value is -0.230. The lowest BCUT2D eigenvalue weighted by Crippen LogP contribution is -2.41. The van der Waals surface area contributed by atoms with E-state index in [1.54, 1.807) is 0 Å². The summed E-state index contributed by atoms with van der Waals surface area (Å²) in [6, 6.07) is 8.27. The Bertz CT molecular complexity index is 413. The molecule has 1 heterocycles. The summed E-state index contributed by atoms with van der Waals surface area (Å²) in [4.78, 5) is 11.8. The second-order valence-corrected chi connectivity index (χ2v) is 6.30. The van der Waals surface area contributed by atoms with Crippen molar-refractivity contribution < 1.29 is 4.79 Å². The first-order valence-corrected chi connectivity index (χ1v) is 8.01. The molecule has 3 nitrogen and oxygen atoms in total. The van der Waals surface area contributed by atoms with Crippen LogP contribution in [-0.2, 0) is 11.3 Å². The second-order valence-electron chi connectivity index (χ2n) is 4.30.